The van der Waals surface area contributed by atoms with E-state index in [0.717, 1.165) is 32.6 Å². The molecule has 0 aliphatic heterocycles. The SMILES string of the molecule is CC[C@H](C)NC(=O)[C@H](Cc1ccccc1)N(Cc1ccc(Br)cc1)C(=O)CN(c1cccc(OC)c1)S(C)(=O)=O. The predicted molar refractivity (Wildman–Crippen MR) is 162 cm³/mol. The fourth-order valence-corrected chi connectivity index (χ4v) is 5.27. The van der Waals surface area contributed by atoms with Gasteiger partial charge in [-0.3, -0.25) is 13.9 Å². The summed E-state index contributed by atoms with van der Waals surface area (Å²) in [4.78, 5) is 29.3. The lowest BCUT2D eigenvalue weighted by atomic mass is 10.0. The van der Waals surface area contributed by atoms with E-state index in [9.17, 15) is 18.0 Å². The summed E-state index contributed by atoms with van der Waals surface area (Å²) in [5.41, 5.74) is 1.98. The number of halogens is 1. The van der Waals surface area contributed by atoms with Crippen molar-refractivity contribution in [2.45, 2.75) is 45.3 Å². The molecule has 0 saturated carbocycles. The van der Waals surface area contributed by atoms with Crippen LogP contribution >= 0.6 is 15.9 Å². The van der Waals surface area contributed by atoms with Gasteiger partial charge in [0, 0.05) is 29.5 Å². The summed E-state index contributed by atoms with van der Waals surface area (Å²) >= 11 is 3.44. The highest BCUT2D eigenvalue weighted by atomic mass is 79.9. The number of hydrogen-bond donors (Lipinski definition) is 1. The largest absolute Gasteiger partial charge is 0.497 e. The standard InChI is InChI=1S/C30H36BrN3O5S/c1-5-22(2)32-30(36)28(18-23-10-7-6-8-11-23)33(20-24-14-16-25(31)17-15-24)29(35)21-34(40(4,37)38)26-12-9-13-27(19-26)39-3/h6-17,19,22,28H,5,18,20-21H2,1-4H3,(H,32,36)/t22-,28-/m0/s1. The number of rotatable bonds is 13. The van der Waals surface area contributed by atoms with E-state index in [-0.39, 0.29) is 24.9 Å². The summed E-state index contributed by atoms with van der Waals surface area (Å²) in [6.07, 6.45) is 2.04. The molecule has 214 valence electrons. The first kappa shape index (κ1) is 31.2. The van der Waals surface area contributed by atoms with Gasteiger partial charge in [0.2, 0.25) is 21.8 Å². The Labute approximate surface area is 245 Å². The monoisotopic (exact) mass is 629 g/mol. The van der Waals surface area contributed by atoms with Gasteiger partial charge in [0.15, 0.2) is 0 Å². The van der Waals surface area contributed by atoms with E-state index in [0.29, 0.717) is 11.4 Å². The average Bonchev–Trinajstić information content (AvgIpc) is 2.94. The maximum atomic E-state index is 14.1. The first-order chi connectivity index (χ1) is 19.0. The molecule has 40 heavy (non-hydrogen) atoms. The topological polar surface area (TPSA) is 96.0 Å². The molecule has 10 heteroatoms. The Hall–Kier alpha value is -3.37. The lowest BCUT2D eigenvalue weighted by molar-refractivity contribution is -0.140. The van der Waals surface area contributed by atoms with E-state index in [2.05, 4.69) is 21.2 Å². The summed E-state index contributed by atoms with van der Waals surface area (Å²) < 4.78 is 33.0. The van der Waals surface area contributed by atoms with E-state index < -0.39 is 28.5 Å². The second kappa shape index (κ2) is 14.3. The number of nitrogens with zero attached hydrogens (tertiary/aromatic N) is 2. The third kappa shape index (κ3) is 8.82. The van der Waals surface area contributed by atoms with Crippen LogP contribution in [0.25, 0.3) is 0 Å². The molecule has 0 bridgehead atoms. The van der Waals surface area contributed by atoms with Crippen molar-refractivity contribution in [3.63, 3.8) is 0 Å². The Kier molecular flexibility index (Phi) is 11.2. The molecule has 8 nitrogen and oxygen atoms in total. The van der Waals surface area contributed by atoms with Crippen LogP contribution in [0.2, 0.25) is 0 Å². The second-order valence-corrected chi connectivity index (χ2v) is 12.5. The Balaban J connectivity index is 2.06. The molecule has 0 fully saturated rings. The van der Waals surface area contributed by atoms with Crippen molar-refractivity contribution in [2.24, 2.45) is 0 Å². The Bertz CT molecular complexity index is 1380. The van der Waals surface area contributed by atoms with Crippen LogP contribution in [0.3, 0.4) is 0 Å². The molecule has 2 amide bonds. The number of ether oxygens (including phenoxy) is 1. The minimum atomic E-state index is -3.85. The number of carbonyl (C=O) groups excluding carboxylic acids is 2. The van der Waals surface area contributed by atoms with Gasteiger partial charge in [-0.1, -0.05) is 71.4 Å². The van der Waals surface area contributed by atoms with Crippen LogP contribution in [-0.4, -0.2) is 57.1 Å². The van der Waals surface area contributed by atoms with Crippen molar-refractivity contribution in [1.82, 2.24) is 10.2 Å². The molecule has 0 heterocycles. The van der Waals surface area contributed by atoms with Gasteiger partial charge in [0.05, 0.1) is 19.1 Å². The van der Waals surface area contributed by atoms with Crippen LogP contribution in [-0.2, 0) is 32.6 Å². The maximum absolute atomic E-state index is 14.1. The molecule has 0 aliphatic rings. The number of benzene rings is 3. The van der Waals surface area contributed by atoms with Crippen LogP contribution in [0.5, 0.6) is 5.75 Å². The Morgan fingerprint density at radius 2 is 1.65 bits per heavy atom. The van der Waals surface area contributed by atoms with E-state index >= 15 is 0 Å². The second-order valence-electron chi connectivity index (χ2n) is 9.64. The van der Waals surface area contributed by atoms with E-state index in [1.807, 2.05) is 68.4 Å². The number of carbonyl (C=O) groups is 2. The lowest BCUT2D eigenvalue weighted by Gasteiger charge is -2.34. The van der Waals surface area contributed by atoms with Gasteiger partial charge in [-0.25, -0.2) is 8.42 Å². The molecule has 1 N–H and O–H groups in total. The van der Waals surface area contributed by atoms with Gasteiger partial charge in [-0.2, -0.15) is 0 Å². The fourth-order valence-electron chi connectivity index (χ4n) is 4.16. The first-order valence-corrected chi connectivity index (χ1v) is 15.7. The van der Waals surface area contributed by atoms with Gasteiger partial charge < -0.3 is 15.0 Å². The highest BCUT2D eigenvalue weighted by molar-refractivity contribution is 9.10. The van der Waals surface area contributed by atoms with Gasteiger partial charge in [-0.15, -0.1) is 0 Å². The minimum absolute atomic E-state index is 0.0975. The molecule has 0 saturated heterocycles. The van der Waals surface area contributed by atoms with E-state index in [4.69, 9.17) is 4.74 Å². The predicted octanol–water partition coefficient (Wildman–Crippen LogP) is 4.78. The lowest BCUT2D eigenvalue weighted by Crippen LogP contribution is -2.54. The van der Waals surface area contributed by atoms with E-state index in [1.165, 1.54) is 12.0 Å². The average molecular weight is 631 g/mol. The van der Waals surface area contributed by atoms with Crippen molar-refractivity contribution < 1.29 is 22.7 Å². The number of nitrogens with one attached hydrogen (secondary N) is 1. The highest BCUT2D eigenvalue weighted by Gasteiger charge is 2.33. The normalized spacial score (nSPS) is 12.7. The highest BCUT2D eigenvalue weighted by Crippen LogP contribution is 2.24. The Morgan fingerprint density at radius 1 is 0.975 bits per heavy atom. The number of amides is 2. The summed E-state index contributed by atoms with van der Waals surface area (Å²) in [5.74, 6) is -0.340. The van der Waals surface area contributed by atoms with Crippen molar-refractivity contribution in [3.8, 4) is 5.75 Å². The summed E-state index contributed by atoms with van der Waals surface area (Å²) in [6.45, 7) is 3.52. The van der Waals surface area contributed by atoms with Crippen LogP contribution in [0.1, 0.15) is 31.4 Å². The van der Waals surface area contributed by atoms with Gasteiger partial charge in [0.25, 0.3) is 0 Å². The van der Waals surface area contributed by atoms with E-state index in [1.54, 1.807) is 24.3 Å². The van der Waals surface area contributed by atoms with Crippen molar-refractivity contribution >= 4 is 43.5 Å². The molecular formula is C30H36BrN3O5S. The summed E-state index contributed by atoms with van der Waals surface area (Å²) in [6, 6.07) is 22.5. The molecule has 3 aromatic rings. The zero-order valence-corrected chi connectivity index (χ0v) is 25.6. The molecule has 3 aromatic carbocycles. The zero-order chi connectivity index (χ0) is 29.3. The van der Waals surface area contributed by atoms with Crippen LogP contribution < -0.4 is 14.4 Å². The van der Waals surface area contributed by atoms with Crippen LogP contribution in [0, 0.1) is 0 Å². The van der Waals surface area contributed by atoms with Crippen molar-refractivity contribution in [3.05, 3.63) is 94.5 Å². The number of anilines is 1. The Morgan fingerprint density at radius 3 is 2.25 bits per heavy atom. The maximum Gasteiger partial charge on any atom is 0.244 e. The van der Waals surface area contributed by atoms with Crippen LogP contribution in [0.15, 0.2) is 83.3 Å². The smallest absolute Gasteiger partial charge is 0.244 e. The third-order valence-corrected chi connectivity index (χ3v) is 8.23. The molecule has 2 atom stereocenters. The number of sulfonamides is 1. The third-order valence-electron chi connectivity index (χ3n) is 6.56. The quantitative estimate of drug-likeness (QED) is 0.294. The van der Waals surface area contributed by atoms with Gasteiger partial charge in [0.1, 0.15) is 18.3 Å². The fraction of sp³-hybridized carbons (Fsp3) is 0.333. The summed E-state index contributed by atoms with van der Waals surface area (Å²) in [7, 11) is -2.37. The molecular weight excluding hydrogens is 594 g/mol. The molecule has 0 aliphatic carbocycles. The molecule has 0 aromatic heterocycles. The molecule has 0 radical (unpaired) electrons. The number of methoxy groups -OCH3 is 1. The van der Waals surface area contributed by atoms with Crippen molar-refractivity contribution in [1.29, 1.82) is 0 Å². The first-order valence-electron chi connectivity index (χ1n) is 13.0. The molecule has 0 spiro atoms. The van der Waals surface area contributed by atoms with Gasteiger partial charge in [-0.05, 0) is 48.7 Å². The van der Waals surface area contributed by atoms with Crippen molar-refractivity contribution in [2.75, 3.05) is 24.2 Å². The summed E-state index contributed by atoms with van der Waals surface area (Å²) in [5, 5.41) is 3.02. The minimum Gasteiger partial charge on any atom is -0.497 e. The number of hydrogen-bond acceptors (Lipinski definition) is 5. The zero-order valence-electron chi connectivity index (χ0n) is 23.2. The van der Waals surface area contributed by atoms with Crippen LogP contribution in [0.4, 0.5) is 5.69 Å². The molecule has 0 unspecified atom stereocenters. The van der Waals surface area contributed by atoms with Gasteiger partial charge >= 0.3 is 0 Å². The molecule has 3 rings (SSSR count).